The van der Waals surface area contributed by atoms with Crippen LogP contribution < -0.4 is 0 Å². The first-order valence-corrected chi connectivity index (χ1v) is 10.2. The van der Waals surface area contributed by atoms with E-state index in [0.717, 1.165) is 23.2 Å². The highest BCUT2D eigenvalue weighted by Gasteiger charge is 2.14. The minimum absolute atomic E-state index is 0.352. The van der Waals surface area contributed by atoms with Crippen LogP contribution in [0.25, 0.3) is 22.7 Å². The molecule has 3 heteroatoms. The average Bonchev–Trinajstić information content (AvgIpc) is 3.16. The predicted octanol–water partition coefficient (Wildman–Crippen LogP) is 6.16. The Morgan fingerprint density at radius 3 is 2.40 bits per heavy atom. The zero-order valence-electron chi connectivity index (χ0n) is 17.3. The zero-order valence-corrected chi connectivity index (χ0v) is 17.3. The van der Waals surface area contributed by atoms with Gasteiger partial charge in [0.05, 0.1) is 12.6 Å². The molecule has 0 bridgehead atoms. The molecule has 1 aromatic heterocycles. The number of nitrogens with zero attached hydrogens (tertiary/aromatic N) is 1. The fourth-order valence-electron chi connectivity index (χ4n) is 3.85. The third-order valence-corrected chi connectivity index (χ3v) is 5.45. The van der Waals surface area contributed by atoms with Gasteiger partial charge in [0.25, 0.3) is 0 Å². The first kappa shape index (κ1) is 19.7. The van der Waals surface area contributed by atoms with E-state index < -0.39 is 0 Å². The molecule has 3 nitrogen and oxygen atoms in total. The molecule has 0 amide bonds. The summed E-state index contributed by atoms with van der Waals surface area (Å²) in [6, 6.07) is 27.3. The summed E-state index contributed by atoms with van der Waals surface area (Å²) in [5.41, 5.74) is 5.90. The fraction of sp³-hybridized carbons (Fsp3) is 0.148. The van der Waals surface area contributed by atoms with Crippen LogP contribution in [0, 0.1) is 0 Å². The molecule has 0 N–H and O–H groups in total. The summed E-state index contributed by atoms with van der Waals surface area (Å²) < 4.78 is 6.96. The monoisotopic (exact) mass is 395 g/mol. The van der Waals surface area contributed by atoms with E-state index in [4.69, 9.17) is 4.74 Å². The van der Waals surface area contributed by atoms with Crippen LogP contribution in [-0.2, 0) is 16.0 Å². The van der Waals surface area contributed by atoms with Gasteiger partial charge in [-0.3, -0.25) is 0 Å². The Hall–Kier alpha value is -3.59. The lowest BCUT2D eigenvalue weighted by Crippen LogP contribution is -1.98. The summed E-state index contributed by atoms with van der Waals surface area (Å²) in [6.45, 7) is 2.27. The summed E-state index contributed by atoms with van der Waals surface area (Å²) in [5, 5.41) is 1.20. The van der Waals surface area contributed by atoms with Crippen LogP contribution in [0.3, 0.4) is 0 Å². The van der Waals surface area contributed by atoms with Crippen LogP contribution >= 0.6 is 0 Å². The highest BCUT2D eigenvalue weighted by molar-refractivity contribution is 5.91. The maximum Gasteiger partial charge on any atom is 0.330 e. The number of carbonyl (C=O) groups excluding carboxylic acids is 1. The molecular formula is C27H25NO2. The lowest BCUT2D eigenvalue weighted by atomic mass is 9.93. The van der Waals surface area contributed by atoms with Crippen molar-refractivity contribution in [2.75, 3.05) is 7.11 Å². The zero-order chi connectivity index (χ0) is 20.9. The second kappa shape index (κ2) is 8.83. The molecule has 150 valence electrons. The number of hydrogen-bond acceptors (Lipinski definition) is 2. The van der Waals surface area contributed by atoms with Gasteiger partial charge in [0.2, 0.25) is 0 Å². The molecule has 3 aromatic carbocycles. The smallest absolute Gasteiger partial charge is 0.330 e. The molecule has 0 spiro atoms. The predicted molar refractivity (Wildman–Crippen MR) is 123 cm³/mol. The molecule has 0 saturated carbocycles. The number of para-hydroxylation sites is 1. The van der Waals surface area contributed by atoms with Gasteiger partial charge in [-0.15, -0.1) is 0 Å². The van der Waals surface area contributed by atoms with E-state index >= 15 is 0 Å². The third kappa shape index (κ3) is 4.20. The van der Waals surface area contributed by atoms with Gasteiger partial charge in [-0.25, -0.2) is 4.79 Å². The van der Waals surface area contributed by atoms with E-state index in [2.05, 4.69) is 84.4 Å². The lowest BCUT2D eigenvalue weighted by molar-refractivity contribution is -0.134. The maximum atomic E-state index is 11.5. The van der Waals surface area contributed by atoms with E-state index in [0.29, 0.717) is 5.92 Å². The number of fused-ring (bicyclic) bond motifs is 1. The summed E-state index contributed by atoms with van der Waals surface area (Å²) in [6.07, 6.45) is 6.44. The molecule has 0 aliphatic heterocycles. The molecule has 0 saturated heterocycles. The summed E-state index contributed by atoms with van der Waals surface area (Å²) >= 11 is 0. The van der Waals surface area contributed by atoms with Gasteiger partial charge in [0.15, 0.2) is 0 Å². The van der Waals surface area contributed by atoms with Crippen molar-refractivity contribution in [1.29, 1.82) is 0 Å². The number of esters is 1. The Morgan fingerprint density at radius 1 is 1.00 bits per heavy atom. The quantitative estimate of drug-likeness (QED) is 0.289. The maximum absolute atomic E-state index is 11.5. The Labute approximate surface area is 177 Å². The fourth-order valence-corrected chi connectivity index (χ4v) is 3.85. The highest BCUT2D eigenvalue weighted by atomic mass is 16.5. The third-order valence-electron chi connectivity index (χ3n) is 5.45. The molecule has 0 radical (unpaired) electrons. The molecule has 1 heterocycles. The van der Waals surface area contributed by atoms with Gasteiger partial charge in [-0.05, 0) is 59.4 Å². The standard InChI is InChI=1S/C27H25NO2/c1-20(22-9-5-3-6-10-22)17-23-19-28(24-11-7-4-8-12-24)26-15-13-21(18-25(23)26)14-16-27(29)30-2/h3-16,18-20H,17H2,1-2H3. The Balaban J connectivity index is 1.78. The van der Waals surface area contributed by atoms with Gasteiger partial charge in [0, 0.05) is 23.3 Å². The Kier molecular flexibility index (Phi) is 5.80. The normalized spacial score (nSPS) is 12.3. The van der Waals surface area contributed by atoms with Crippen LogP contribution in [-0.4, -0.2) is 17.6 Å². The van der Waals surface area contributed by atoms with Crippen LogP contribution in [0.5, 0.6) is 0 Å². The van der Waals surface area contributed by atoms with Gasteiger partial charge in [-0.2, -0.15) is 0 Å². The Morgan fingerprint density at radius 2 is 1.70 bits per heavy atom. The van der Waals surface area contributed by atoms with Gasteiger partial charge >= 0.3 is 5.97 Å². The van der Waals surface area contributed by atoms with Crippen molar-refractivity contribution < 1.29 is 9.53 Å². The highest BCUT2D eigenvalue weighted by Crippen LogP contribution is 2.30. The molecule has 4 aromatic rings. The number of carbonyl (C=O) groups is 1. The van der Waals surface area contributed by atoms with E-state index in [9.17, 15) is 4.79 Å². The molecule has 1 unspecified atom stereocenters. The number of hydrogen-bond donors (Lipinski definition) is 0. The molecule has 0 aliphatic carbocycles. The number of benzene rings is 3. The summed E-state index contributed by atoms with van der Waals surface area (Å²) in [5.74, 6) is 0.0465. The van der Waals surface area contributed by atoms with E-state index in [1.165, 1.54) is 29.7 Å². The van der Waals surface area contributed by atoms with Crippen molar-refractivity contribution in [1.82, 2.24) is 4.57 Å². The van der Waals surface area contributed by atoms with E-state index in [1.54, 1.807) is 6.08 Å². The molecule has 0 aliphatic rings. The molecule has 0 fully saturated rings. The van der Waals surface area contributed by atoms with Crippen molar-refractivity contribution >= 4 is 22.9 Å². The first-order valence-electron chi connectivity index (χ1n) is 10.2. The second-order valence-electron chi connectivity index (χ2n) is 7.51. The van der Waals surface area contributed by atoms with Crippen molar-refractivity contribution in [2.24, 2.45) is 0 Å². The van der Waals surface area contributed by atoms with Crippen LogP contribution in [0.1, 0.15) is 29.5 Å². The Bertz CT molecular complexity index is 1170. The van der Waals surface area contributed by atoms with Crippen LogP contribution in [0.4, 0.5) is 0 Å². The van der Waals surface area contributed by atoms with Crippen molar-refractivity contribution in [3.63, 3.8) is 0 Å². The molecule has 30 heavy (non-hydrogen) atoms. The largest absolute Gasteiger partial charge is 0.466 e. The van der Waals surface area contributed by atoms with Gasteiger partial charge in [0.1, 0.15) is 0 Å². The number of rotatable bonds is 6. The minimum Gasteiger partial charge on any atom is -0.466 e. The van der Waals surface area contributed by atoms with Crippen LogP contribution in [0.15, 0.2) is 91.1 Å². The summed E-state index contributed by atoms with van der Waals surface area (Å²) in [7, 11) is 1.39. The molecule has 4 rings (SSSR count). The number of methoxy groups -OCH3 is 1. The minimum atomic E-state index is -0.352. The molecule has 1 atom stereocenters. The van der Waals surface area contributed by atoms with Crippen molar-refractivity contribution in [3.05, 3.63) is 108 Å². The second-order valence-corrected chi connectivity index (χ2v) is 7.51. The SMILES string of the molecule is COC(=O)C=Cc1ccc2c(c1)c(CC(C)c1ccccc1)cn2-c1ccccc1. The van der Waals surface area contributed by atoms with Gasteiger partial charge in [-0.1, -0.05) is 61.5 Å². The number of ether oxygens (including phenoxy) is 1. The molecular weight excluding hydrogens is 370 g/mol. The van der Waals surface area contributed by atoms with Gasteiger partial charge < -0.3 is 9.30 Å². The average molecular weight is 396 g/mol. The van der Waals surface area contributed by atoms with E-state index in [-0.39, 0.29) is 5.97 Å². The van der Waals surface area contributed by atoms with Crippen molar-refractivity contribution in [3.8, 4) is 5.69 Å². The van der Waals surface area contributed by atoms with E-state index in [1.807, 2.05) is 12.1 Å². The summed E-state index contributed by atoms with van der Waals surface area (Å²) in [4.78, 5) is 11.5. The number of aromatic nitrogens is 1. The topological polar surface area (TPSA) is 31.2 Å². The van der Waals surface area contributed by atoms with Crippen molar-refractivity contribution in [2.45, 2.75) is 19.3 Å². The lowest BCUT2D eigenvalue weighted by Gasteiger charge is -2.11. The van der Waals surface area contributed by atoms with Crippen LogP contribution in [0.2, 0.25) is 0 Å². The first-order chi connectivity index (χ1) is 14.7.